The maximum absolute atomic E-state index is 12.3. The van der Waals surface area contributed by atoms with Gasteiger partial charge in [-0.2, -0.15) is 0 Å². The highest BCUT2D eigenvalue weighted by Crippen LogP contribution is 2.40. The van der Waals surface area contributed by atoms with Gasteiger partial charge in [0.25, 0.3) is 0 Å². The molecule has 0 N–H and O–H groups in total. The molecular formula is C24H28O5. The standard InChI is InChI=1S/C24H28O5/c1-24(2,3)29-23(25)28-22-18(15-17-8-6-7-9-19(17)22)12-10-16-11-13-20(26-4)21(14-16)27-5/h6-14,18,22H,15H2,1-5H3/b12-10+/t18-,22+/m1/s1. The lowest BCUT2D eigenvalue weighted by molar-refractivity contribution is -0.0332. The molecule has 2 aromatic rings. The first-order valence-corrected chi connectivity index (χ1v) is 9.68. The molecule has 3 rings (SSSR count). The van der Waals surface area contributed by atoms with Gasteiger partial charge >= 0.3 is 6.16 Å². The molecule has 0 heterocycles. The fourth-order valence-electron chi connectivity index (χ4n) is 3.48. The van der Waals surface area contributed by atoms with Gasteiger partial charge in [0.05, 0.1) is 14.2 Å². The second kappa shape index (κ2) is 8.60. The van der Waals surface area contributed by atoms with Gasteiger partial charge in [-0.25, -0.2) is 4.79 Å². The van der Waals surface area contributed by atoms with Crippen LogP contribution >= 0.6 is 0 Å². The largest absolute Gasteiger partial charge is 0.509 e. The van der Waals surface area contributed by atoms with Gasteiger partial charge in [-0.1, -0.05) is 42.5 Å². The average Bonchev–Trinajstić information content (AvgIpc) is 3.02. The van der Waals surface area contributed by atoms with E-state index in [1.165, 1.54) is 5.56 Å². The van der Waals surface area contributed by atoms with Crippen LogP contribution in [0.2, 0.25) is 0 Å². The minimum absolute atomic E-state index is 0.0213. The van der Waals surface area contributed by atoms with Crippen molar-refractivity contribution in [3.8, 4) is 11.5 Å². The van der Waals surface area contributed by atoms with Gasteiger partial charge in [-0.3, -0.25) is 0 Å². The molecule has 0 fully saturated rings. The molecule has 0 spiro atoms. The Bertz CT molecular complexity index is 894. The van der Waals surface area contributed by atoms with Crippen LogP contribution in [-0.2, 0) is 15.9 Å². The Kier molecular flexibility index (Phi) is 6.16. The van der Waals surface area contributed by atoms with E-state index in [4.69, 9.17) is 18.9 Å². The summed E-state index contributed by atoms with van der Waals surface area (Å²) in [6.07, 6.45) is 3.87. The molecule has 0 bridgehead atoms. The zero-order valence-electron chi connectivity index (χ0n) is 17.6. The van der Waals surface area contributed by atoms with Crippen LogP contribution in [0.3, 0.4) is 0 Å². The van der Waals surface area contributed by atoms with E-state index in [1.54, 1.807) is 14.2 Å². The minimum Gasteiger partial charge on any atom is -0.493 e. The molecule has 5 heteroatoms. The van der Waals surface area contributed by atoms with Crippen molar-refractivity contribution in [1.29, 1.82) is 0 Å². The molecule has 1 aliphatic carbocycles. The summed E-state index contributed by atoms with van der Waals surface area (Å²) in [5.41, 5.74) is 2.60. The van der Waals surface area contributed by atoms with Crippen molar-refractivity contribution >= 4 is 12.2 Å². The SMILES string of the molecule is COc1ccc(/C=C/[C@@H]2Cc3ccccc3[C@H]2OC(=O)OC(C)(C)C)cc1OC. The second-order valence-corrected chi connectivity index (χ2v) is 8.04. The summed E-state index contributed by atoms with van der Waals surface area (Å²) in [7, 11) is 3.23. The normalized spacial score (nSPS) is 18.4. The predicted molar refractivity (Wildman–Crippen MR) is 112 cm³/mol. The number of rotatable bonds is 5. The Morgan fingerprint density at radius 1 is 1.03 bits per heavy atom. The third-order valence-corrected chi connectivity index (χ3v) is 4.76. The Labute approximate surface area is 172 Å². The van der Waals surface area contributed by atoms with E-state index in [1.807, 2.05) is 63.2 Å². The summed E-state index contributed by atoms with van der Waals surface area (Å²) >= 11 is 0. The monoisotopic (exact) mass is 396 g/mol. The molecule has 0 radical (unpaired) electrons. The zero-order chi connectivity index (χ0) is 21.0. The molecule has 0 aromatic heterocycles. The van der Waals surface area contributed by atoms with E-state index in [-0.39, 0.29) is 12.0 Å². The van der Waals surface area contributed by atoms with Crippen LogP contribution < -0.4 is 9.47 Å². The maximum Gasteiger partial charge on any atom is 0.509 e. The smallest absolute Gasteiger partial charge is 0.493 e. The molecule has 0 saturated carbocycles. The first kappa shape index (κ1) is 20.8. The molecule has 2 atom stereocenters. The highest BCUT2D eigenvalue weighted by molar-refractivity contribution is 5.62. The summed E-state index contributed by atoms with van der Waals surface area (Å²) in [4.78, 5) is 12.3. The van der Waals surface area contributed by atoms with Crippen molar-refractivity contribution in [2.24, 2.45) is 5.92 Å². The Morgan fingerprint density at radius 2 is 1.76 bits per heavy atom. The van der Waals surface area contributed by atoms with E-state index in [0.29, 0.717) is 11.5 Å². The quantitative estimate of drug-likeness (QED) is 0.617. The van der Waals surface area contributed by atoms with Crippen LogP contribution in [0.25, 0.3) is 6.08 Å². The number of fused-ring (bicyclic) bond motifs is 1. The number of hydrogen-bond donors (Lipinski definition) is 0. The van der Waals surface area contributed by atoms with Gasteiger partial charge in [-0.05, 0) is 56.0 Å². The zero-order valence-corrected chi connectivity index (χ0v) is 17.6. The van der Waals surface area contributed by atoms with Crippen molar-refractivity contribution in [1.82, 2.24) is 0 Å². The van der Waals surface area contributed by atoms with Crippen LogP contribution in [0, 0.1) is 5.92 Å². The molecule has 2 aromatic carbocycles. The number of ether oxygens (including phenoxy) is 4. The molecule has 154 valence electrons. The van der Waals surface area contributed by atoms with Gasteiger partial charge < -0.3 is 18.9 Å². The average molecular weight is 396 g/mol. The van der Waals surface area contributed by atoms with Crippen molar-refractivity contribution in [3.05, 3.63) is 65.2 Å². The van der Waals surface area contributed by atoms with Crippen molar-refractivity contribution in [2.45, 2.75) is 38.9 Å². The Balaban J connectivity index is 1.82. The predicted octanol–water partition coefficient (Wildman–Crippen LogP) is 5.58. The van der Waals surface area contributed by atoms with Gasteiger partial charge in [0.1, 0.15) is 11.7 Å². The third kappa shape index (κ3) is 5.11. The highest BCUT2D eigenvalue weighted by Gasteiger charge is 2.35. The first-order valence-electron chi connectivity index (χ1n) is 9.68. The molecule has 0 aliphatic heterocycles. The van der Waals surface area contributed by atoms with Gasteiger partial charge in [0.2, 0.25) is 0 Å². The Morgan fingerprint density at radius 3 is 2.45 bits per heavy atom. The first-order chi connectivity index (χ1) is 13.8. The number of hydrogen-bond acceptors (Lipinski definition) is 5. The van der Waals surface area contributed by atoms with Gasteiger partial charge in [0.15, 0.2) is 11.5 Å². The summed E-state index contributed by atoms with van der Waals surface area (Å²) in [6, 6.07) is 13.8. The van der Waals surface area contributed by atoms with E-state index < -0.39 is 11.8 Å². The summed E-state index contributed by atoms with van der Waals surface area (Å²) in [5, 5.41) is 0. The highest BCUT2D eigenvalue weighted by atomic mass is 16.7. The lowest BCUT2D eigenvalue weighted by Crippen LogP contribution is -2.26. The fraction of sp³-hybridized carbons (Fsp3) is 0.375. The van der Waals surface area contributed by atoms with E-state index in [2.05, 4.69) is 12.1 Å². The number of carbonyl (C=O) groups excluding carboxylic acids is 1. The van der Waals surface area contributed by atoms with E-state index >= 15 is 0 Å². The summed E-state index contributed by atoms with van der Waals surface area (Å²) in [6.45, 7) is 5.47. The van der Waals surface area contributed by atoms with Gasteiger partial charge in [-0.15, -0.1) is 0 Å². The van der Waals surface area contributed by atoms with Crippen molar-refractivity contribution in [3.63, 3.8) is 0 Å². The number of carbonyl (C=O) groups is 1. The molecule has 0 saturated heterocycles. The van der Waals surface area contributed by atoms with E-state index in [0.717, 1.165) is 17.5 Å². The maximum atomic E-state index is 12.3. The fourth-order valence-corrected chi connectivity index (χ4v) is 3.48. The van der Waals surface area contributed by atoms with E-state index in [9.17, 15) is 4.79 Å². The van der Waals surface area contributed by atoms with Crippen LogP contribution in [0.5, 0.6) is 11.5 Å². The summed E-state index contributed by atoms with van der Waals surface area (Å²) < 4.78 is 21.8. The molecule has 29 heavy (non-hydrogen) atoms. The number of benzene rings is 2. The lowest BCUT2D eigenvalue weighted by Gasteiger charge is -2.23. The molecule has 5 nitrogen and oxygen atoms in total. The van der Waals surface area contributed by atoms with Crippen LogP contribution in [0.4, 0.5) is 4.79 Å². The molecule has 1 aliphatic rings. The minimum atomic E-state index is -0.649. The molecule has 0 unspecified atom stereocenters. The van der Waals surface area contributed by atoms with Crippen LogP contribution in [0.1, 0.15) is 43.6 Å². The Hall–Kier alpha value is -2.95. The number of methoxy groups -OCH3 is 2. The molecular weight excluding hydrogens is 368 g/mol. The topological polar surface area (TPSA) is 54.0 Å². The summed E-state index contributed by atoms with van der Waals surface area (Å²) in [5.74, 6) is 1.38. The van der Waals surface area contributed by atoms with Crippen LogP contribution in [0.15, 0.2) is 48.5 Å². The third-order valence-electron chi connectivity index (χ3n) is 4.76. The molecule has 0 amide bonds. The lowest BCUT2D eigenvalue weighted by atomic mass is 10.0. The van der Waals surface area contributed by atoms with Crippen molar-refractivity contribution in [2.75, 3.05) is 14.2 Å². The second-order valence-electron chi connectivity index (χ2n) is 8.04. The van der Waals surface area contributed by atoms with Gasteiger partial charge in [0, 0.05) is 5.92 Å². The van der Waals surface area contributed by atoms with Crippen LogP contribution in [-0.4, -0.2) is 26.0 Å². The van der Waals surface area contributed by atoms with Crippen molar-refractivity contribution < 1.29 is 23.7 Å².